The van der Waals surface area contributed by atoms with E-state index < -0.39 is 6.04 Å². The Bertz CT molecular complexity index is 906. The molecule has 1 aromatic carbocycles. The van der Waals surface area contributed by atoms with Crippen molar-refractivity contribution in [2.75, 3.05) is 13.1 Å². The van der Waals surface area contributed by atoms with Gasteiger partial charge in [-0.2, -0.15) is 0 Å². The van der Waals surface area contributed by atoms with E-state index in [0.29, 0.717) is 19.4 Å². The number of benzene rings is 1. The molecular weight excluding hydrogens is 486 g/mol. The lowest BCUT2D eigenvalue weighted by Crippen LogP contribution is -2.48. The monoisotopic (exact) mass is 517 g/mol. The van der Waals surface area contributed by atoms with Crippen LogP contribution in [0.1, 0.15) is 51.5 Å². The van der Waals surface area contributed by atoms with Crippen LogP contribution in [0.25, 0.3) is 0 Å². The van der Waals surface area contributed by atoms with Gasteiger partial charge in [0, 0.05) is 30.5 Å². The Morgan fingerprint density at radius 3 is 2.45 bits per heavy atom. The summed E-state index contributed by atoms with van der Waals surface area (Å²) < 4.78 is 0.886. The van der Waals surface area contributed by atoms with Crippen LogP contribution in [0.15, 0.2) is 40.9 Å². The number of amides is 4. The molecule has 1 aliphatic heterocycles. The lowest BCUT2D eigenvalue weighted by Gasteiger charge is -2.29. The predicted molar refractivity (Wildman–Crippen MR) is 129 cm³/mol. The van der Waals surface area contributed by atoms with Gasteiger partial charge in [0.25, 0.3) is 0 Å². The van der Waals surface area contributed by atoms with Gasteiger partial charge in [-0.1, -0.05) is 53.6 Å². The first-order valence-corrected chi connectivity index (χ1v) is 12.4. The molecule has 1 aromatic rings. The van der Waals surface area contributed by atoms with Gasteiger partial charge in [0.15, 0.2) is 0 Å². The van der Waals surface area contributed by atoms with Gasteiger partial charge in [-0.25, -0.2) is 0 Å². The third-order valence-corrected chi connectivity index (χ3v) is 6.88. The first-order chi connectivity index (χ1) is 15.8. The van der Waals surface area contributed by atoms with Crippen LogP contribution in [0.2, 0.25) is 0 Å². The molecule has 2 aliphatic rings. The van der Waals surface area contributed by atoms with Gasteiger partial charge in [-0.3, -0.25) is 24.1 Å². The summed E-state index contributed by atoms with van der Waals surface area (Å²) in [6.07, 6.45) is 6.86. The van der Waals surface area contributed by atoms with Gasteiger partial charge < -0.3 is 10.2 Å². The van der Waals surface area contributed by atoms with Crippen LogP contribution in [0.5, 0.6) is 0 Å². The first-order valence-electron chi connectivity index (χ1n) is 11.6. The molecule has 3 rings (SSSR count). The van der Waals surface area contributed by atoms with Gasteiger partial charge in [0.1, 0.15) is 6.04 Å². The smallest absolute Gasteiger partial charge is 0.242 e. The second-order valence-electron chi connectivity index (χ2n) is 8.71. The number of halogens is 1. The second-order valence-corrected chi connectivity index (χ2v) is 9.62. The molecule has 1 fully saturated rings. The number of imide groups is 1. The third-order valence-electron chi connectivity index (χ3n) is 6.39. The molecule has 1 N–H and O–H groups in total. The molecule has 0 saturated carbocycles. The molecule has 7 nitrogen and oxygen atoms in total. The molecule has 4 amide bonds. The number of nitrogens with one attached hydrogen (secondary N) is 1. The second kappa shape index (κ2) is 11.6. The van der Waals surface area contributed by atoms with Gasteiger partial charge in [0.2, 0.25) is 23.6 Å². The van der Waals surface area contributed by atoms with Crippen molar-refractivity contribution in [1.29, 1.82) is 0 Å². The zero-order valence-electron chi connectivity index (χ0n) is 19.3. The summed E-state index contributed by atoms with van der Waals surface area (Å²) in [7, 11) is 0. The van der Waals surface area contributed by atoms with Crippen LogP contribution in [0.4, 0.5) is 0 Å². The predicted octanol–water partition coefficient (Wildman–Crippen LogP) is 3.42. The number of hydrogen-bond donors (Lipinski definition) is 1. The van der Waals surface area contributed by atoms with Crippen molar-refractivity contribution in [1.82, 2.24) is 15.1 Å². The number of allylic oxidation sites excluding steroid dienone is 2. The fourth-order valence-electron chi connectivity index (χ4n) is 4.39. The molecule has 178 valence electrons. The number of fused-ring (bicyclic) bond motifs is 1. The Hall–Kier alpha value is -2.48. The van der Waals surface area contributed by atoms with E-state index in [-0.39, 0.29) is 55.0 Å². The molecular formula is C25H32BrN3O4. The molecule has 33 heavy (non-hydrogen) atoms. The van der Waals surface area contributed by atoms with Crippen molar-refractivity contribution in [2.45, 2.75) is 58.5 Å². The molecule has 1 saturated heterocycles. The summed E-state index contributed by atoms with van der Waals surface area (Å²) >= 11 is 3.45. The molecule has 1 aliphatic carbocycles. The molecule has 8 heteroatoms. The maximum absolute atomic E-state index is 13.3. The lowest BCUT2D eigenvalue weighted by atomic mass is 9.85. The minimum atomic E-state index is -0.676. The van der Waals surface area contributed by atoms with Gasteiger partial charge >= 0.3 is 0 Å². The highest BCUT2D eigenvalue weighted by molar-refractivity contribution is 9.10. The number of rotatable bonds is 10. The maximum atomic E-state index is 13.3. The highest BCUT2D eigenvalue weighted by Gasteiger charge is 2.47. The van der Waals surface area contributed by atoms with Gasteiger partial charge in [-0.05, 0) is 43.9 Å². The summed E-state index contributed by atoms with van der Waals surface area (Å²) in [6, 6.07) is 6.91. The lowest BCUT2D eigenvalue weighted by molar-refractivity contribution is -0.143. The molecule has 0 unspecified atom stereocenters. The number of carbonyl (C=O) groups excluding carboxylic acids is 4. The number of nitrogens with zero attached hydrogens (tertiary/aromatic N) is 2. The van der Waals surface area contributed by atoms with Crippen LogP contribution in [-0.2, 0) is 25.7 Å². The van der Waals surface area contributed by atoms with E-state index in [1.807, 2.05) is 43.3 Å². The highest BCUT2D eigenvalue weighted by Crippen LogP contribution is 2.35. The third kappa shape index (κ3) is 6.10. The molecule has 0 bridgehead atoms. The summed E-state index contributed by atoms with van der Waals surface area (Å²) in [5, 5.41) is 2.89. The SMILES string of the molecule is CCCCNC(=O)[C@@H](C)N(Cc1cccc(Br)c1)C(=O)CCN1C(=O)[C@H]2CC=CC[C@H]2C1=O. The molecule has 0 aromatic heterocycles. The van der Waals surface area contributed by atoms with E-state index in [4.69, 9.17) is 0 Å². The van der Waals surface area contributed by atoms with Crippen LogP contribution in [-0.4, -0.2) is 52.6 Å². The van der Waals surface area contributed by atoms with Crippen molar-refractivity contribution in [2.24, 2.45) is 11.8 Å². The maximum Gasteiger partial charge on any atom is 0.242 e. The minimum absolute atomic E-state index is 0.00900. The topological polar surface area (TPSA) is 86.8 Å². The highest BCUT2D eigenvalue weighted by atomic mass is 79.9. The van der Waals surface area contributed by atoms with Crippen molar-refractivity contribution in [3.63, 3.8) is 0 Å². The minimum Gasteiger partial charge on any atom is -0.354 e. The Kier molecular flexibility index (Phi) is 8.83. The van der Waals surface area contributed by atoms with Crippen LogP contribution in [0.3, 0.4) is 0 Å². The fraction of sp³-hybridized carbons (Fsp3) is 0.520. The number of hydrogen-bond acceptors (Lipinski definition) is 4. The van der Waals surface area contributed by atoms with Crippen molar-refractivity contribution in [3.05, 3.63) is 46.5 Å². The summed E-state index contributed by atoms with van der Waals surface area (Å²) in [5.41, 5.74) is 0.886. The van der Waals surface area contributed by atoms with E-state index in [1.165, 1.54) is 9.80 Å². The average Bonchev–Trinajstić information content (AvgIpc) is 3.05. The molecule has 0 radical (unpaired) electrons. The van der Waals surface area contributed by atoms with Crippen molar-refractivity contribution < 1.29 is 19.2 Å². The Balaban J connectivity index is 1.69. The van der Waals surface area contributed by atoms with Crippen molar-refractivity contribution >= 4 is 39.6 Å². The van der Waals surface area contributed by atoms with Gasteiger partial charge in [0.05, 0.1) is 11.8 Å². The number of likely N-dealkylation sites (tertiary alicyclic amines) is 1. The largest absolute Gasteiger partial charge is 0.354 e. The van der Waals surface area contributed by atoms with Crippen LogP contribution < -0.4 is 5.32 Å². The summed E-state index contributed by atoms with van der Waals surface area (Å²) in [4.78, 5) is 54.2. The van der Waals surface area contributed by atoms with Crippen molar-refractivity contribution in [3.8, 4) is 0 Å². The Morgan fingerprint density at radius 1 is 1.18 bits per heavy atom. The molecule has 3 atom stereocenters. The quantitative estimate of drug-likeness (QED) is 0.292. The fourth-order valence-corrected chi connectivity index (χ4v) is 4.84. The molecule has 1 heterocycles. The van der Waals surface area contributed by atoms with E-state index in [0.717, 1.165) is 22.9 Å². The summed E-state index contributed by atoms with van der Waals surface area (Å²) in [5.74, 6) is -1.46. The zero-order chi connectivity index (χ0) is 24.0. The first kappa shape index (κ1) is 25.1. The van der Waals surface area contributed by atoms with Gasteiger partial charge in [-0.15, -0.1) is 0 Å². The van der Waals surface area contributed by atoms with E-state index in [2.05, 4.69) is 21.2 Å². The standard InChI is InChI=1S/C25H32BrN3O4/c1-3-4-13-27-23(31)17(2)29(16-18-8-7-9-19(26)15-18)22(30)12-14-28-24(32)20-10-5-6-11-21(20)25(28)33/h5-9,15,17,20-21H,3-4,10-14,16H2,1-2H3,(H,27,31)/t17-,20-,21+/m1/s1. The Labute approximate surface area is 203 Å². The number of carbonyl (C=O) groups is 4. The van der Waals surface area contributed by atoms with Crippen LogP contribution in [0, 0.1) is 11.8 Å². The van der Waals surface area contributed by atoms with E-state index in [9.17, 15) is 19.2 Å². The van der Waals surface area contributed by atoms with E-state index >= 15 is 0 Å². The average molecular weight is 518 g/mol. The normalized spacial score (nSPS) is 20.5. The summed E-state index contributed by atoms with van der Waals surface area (Å²) in [6.45, 7) is 4.63. The Morgan fingerprint density at radius 2 is 1.85 bits per heavy atom. The van der Waals surface area contributed by atoms with Crippen LogP contribution >= 0.6 is 15.9 Å². The zero-order valence-corrected chi connectivity index (χ0v) is 20.8. The number of unbranched alkanes of at least 4 members (excludes halogenated alkanes) is 1. The molecule has 0 spiro atoms. The van der Waals surface area contributed by atoms with E-state index in [1.54, 1.807) is 6.92 Å².